The lowest BCUT2D eigenvalue weighted by Crippen LogP contribution is -2.14. The van der Waals surface area contributed by atoms with Crippen LogP contribution in [0.25, 0.3) is 0 Å². The third-order valence-corrected chi connectivity index (χ3v) is 2.21. The molecule has 0 aliphatic heterocycles. The normalized spacial score (nSPS) is 10.3. The monoisotopic (exact) mass is 223 g/mol. The first-order chi connectivity index (χ1) is 7.74. The van der Waals surface area contributed by atoms with Crippen molar-refractivity contribution in [3.8, 4) is 0 Å². The third-order valence-electron chi connectivity index (χ3n) is 2.21. The number of aliphatic carboxylic acids is 1. The third kappa shape index (κ3) is 4.42. The quantitative estimate of drug-likeness (QED) is 0.678. The fourth-order valence-corrected chi connectivity index (χ4v) is 1.39. The Balaban J connectivity index is 2.53. The van der Waals surface area contributed by atoms with Gasteiger partial charge in [-0.1, -0.05) is 24.3 Å². The van der Waals surface area contributed by atoms with E-state index < -0.39 is 5.97 Å². The smallest absolute Gasteiger partial charge is 0.307 e. The molecular weight excluding hydrogens is 206 g/mol. The first-order valence-electron chi connectivity index (χ1n) is 5.25. The number of carboxylic acid groups (broad SMARTS) is 1. The van der Waals surface area contributed by atoms with E-state index in [0.29, 0.717) is 13.2 Å². The summed E-state index contributed by atoms with van der Waals surface area (Å²) in [6.45, 7) is 1.88. The molecule has 0 heterocycles. The Morgan fingerprint density at radius 1 is 1.38 bits per heavy atom. The molecule has 0 fully saturated rings. The minimum Gasteiger partial charge on any atom is -0.481 e. The minimum absolute atomic E-state index is 0.0472. The summed E-state index contributed by atoms with van der Waals surface area (Å²) in [4.78, 5) is 10.6. The molecule has 0 atom stereocenters. The summed E-state index contributed by atoms with van der Waals surface area (Å²) in [5, 5.41) is 11.7. The summed E-state index contributed by atoms with van der Waals surface area (Å²) in [6.07, 6.45) is 0.0472. The van der Waals surface area contributed by atoms with Gasteiger partial charge in [-0.15, -0.1) is 0 Å². The van der Waals surface area contributed by atoms with Gasteiger partial charge in [0.25, 0.3) is 0 Å². The summed E-state index contributed by atoms with van der Waals surface area (Å²) in [6, 6.07) is 7.46. The second-order valence-electron chi connectivity index (χ2n) is 3.50. The molecule has 1 rings (SSSR count). The van der Waals surface area contributed by atoms with Gasteiger partial charge in [-0.05, 0) is 18.2 Å². The highest BCUT2D eigenvalue weighted by molar-refractivity contribution is 5.70. The Kier molecular flexibility index (Phi) is 5.53. The first-order valence-corrected chi connectivity index (χ1v) is 5.25. The molecule has 0 saturated carbocycles. The standard InChI is InChI=1S/C12H17NO3/c1-13-6-7-16-9-11-5-3-2-4-10(11)8-12(14)15/h2-5,13H,6-9H2,1H3,(H,14,15). The molecule has 0 saturated heterocycles. The molecular formula is C12H17NO3. The van der Waals surface area contributed by atoms with Crippen LogP contribution in [0.3, 0.4) is 0 Å². The lowest BCUT2D eigenvalue weighted by atomic mass is 10.1. The summed E-state index contributed by atoms with van der Waals surface area (Å²) in [5.74, 6) is -0.817. The molecule has 0 spiro atoms. The first kappa shape index (κ1) is 12.7. The van der Waals surface area contributed by atoms with Crippen LogP contribution in [0.5, 0.6) is 0 Å². The largest absolute Gasteiger partial charge is 0.481 e. The number of nitrogens with one attached hydrogen (secondary N) is 1. The van der Waals surface area contributed by atoms with Gasteiger partial charge in [0.2, 0.25) is 0 Å². The van der Waals surface area contributed by atoms with E-state index >= 15 is 0 Å². The van der Waals surface area contributed by atoms with E-state index in [4.69, 9.17) is 9.84 Å². The Hall–Kier alpha value is -1.39. The number of ether oxygens (including phenoxy) is 1. The van der Waals surface area contributed by atoms with E-state index in [2.05, 4.69) is 5.32 Å². The van der Waals surface area contributed by atoms with E-state index in [1.165, 1.54) is 0 Å². The van der Waals surface area contributed by atoms with Crippen LogP contribution in [0, 0.1) is 0 Å². The van der Waals surface area contributed by atoms with Crippen LogP contribution in [0.15, 0.2) is 24.3 Å². The van der Waals surface area contributed by atoms with Crippen molar-refractivity contribution in [2.45, 2.75) is 13.0 Å². The summed E-state index contributed by atoms with van der Waals surface area (Å²) >= 11 is 0. The Labute approximate surface area is 95.2 Å². The van der Waals surface area contributed by atoms with E-state index in [0.717, 1.165) is 17.7 Å². The van der Waals surface area contributed by atoms with Crippen molar-refractivity contribution in [1.29, 1.82) is 0 Å². The molecule has 1 aromatic carbocycles. The average Bonchev–Trinajstić information content (AvgIpc) is 2.26. The molecule has 0 radical (unpaired) electrons. The number of carboxylic acids is 1. The molecule has 88 valence electrons. The van der Waals surface area contributed by atoms with E-state index in [-0.39, 0.29) is 6.42 Å². The van der Waals surface area contributed by atoms with Gasteiger partial charge in [0.15, 0.2) is 0 Å². The van der Waals surface area contributed by atoms with Crippen LogP contribution in [-0.2, 0) is 22.6 Å². The minimum atomic E-state index is -0.817. The van der Waals surface area contributed by atoms with Crippen molar-refractivity contribution in [2.75, 3.05) is 20.2 Å². The maximum atomic E-state index is 10.6. The van der Waals surface area contributed by atoms with Gasteiger partial charge in [0.1, 0.15) is 0 Å². The molecule has 16 heavy (non-hydrogen) atoms. The number of hydrogen-bond acceptors (Lipinski definition) is 3. The lowest BCUT2D eigenvalue weighted by Gasteiger charge is -2.08. The predicted octanol–water partition coefficient (Wildman–Crippen LogP) is 1.05. The molecule has 0 aromatic heterocycles. The number of benzene rings is 1. The van der Waals surface area contributed by atoms with Gasteiger partial charge in [-0.3, -0.25) is 4.79 Å². The van der Waals surface area contributed by atoms with Crippen LogP contribution >= 0.6 is 0 Å². The lowest BCUT2D eigenvalue weighted by molar-refractivity contribution is -0.136. The van der Waals surface area contributed by atoms with Crippen LogP contribution in [0.4, 0.5) is 0 Å². The predicted molar refractivity (Wildman–Crippen MR) is 61.4 cm³/mol. The van der Waals surface area contributed by atoms with E-state index in [9.17, 15) is 4.79 Å². The molecule has 1 aromatic rings. The van der Waals surface area contributed by atoms with Gasteiger partial charge in [0.05, 0.1) is 19.6 Å². The van der Waals surface area contributed by atoms with Crippen molar-refractivity contribution < 1.29 is 14.6 Å². The van der Waals surface area contributed by atoms with Gasteiger partial charge in [-0.2, -0.15) is 0 Å². The molecule has 2 N–H and O–H groups in total. The van der Waals surface area contributed by atoms with Gasteiger partial charge in [0, 0.05) is 6.54 Å². The van der Waals surface area contributed by atoms with Crippen molar-refractivity contribution >= 4 is 5.97 Å². The zero-order valence-corrected chi connectivity index (χ0v) is 9.40. The van der Waals surface area contributed by atoms with Gasteiger partial charge >= 0.3 is 5.97 Å². The molecule has 0 aliphatic rings. The van der Waals surface area contributed by atoms with Crippen LogP contribution in [0.2, 0.25) is 0 Å². The molecule has 4 nitrogen and oxygen atoms in total. The average molecular weight is 223 g/mol. The molecule has 0 unspecified atom stereocenters. The highest BCUT2D eigenvalue weighted by Gasteiger charge is 2.05. The van der Waals surface area contributed by atoms with Gasteiger partial charge in [-0.25, -0.2) is 0 Å². The SMILES string of the molecule is CNCCOCc1ccccc1CC(=O)O. The highest BCUT2D eigenvalue weighted by atomic mass is 16.5. The number of rotatable bonds is 7. The molecule has 0 bridgehead atoms. The van der Waals surface area contributed by atoms with Crippen molar-refractivity contribution in [3.63, 3.8) is 0 Å². The van der Waals surface area contributed by atoms with E-state index in [1.807, 2.05) is 31.3 Å². The maximum absolute atomic E-state index is 10.6. The summed E-state index contributed by atoms with van der Waals surface area (Å²) in [7, 11) is 1.86. The summed E-state index contributed by atoms with van der Waals surface area (Å²) in [5.41, 5.74) is 1.76. The van der Waals surface area contributed by atoms with Gasteiger partial charge < -0.3 is 15.2 Å². The Bertz CT molecular complexity index is 339. The summed E-state index contributed by atoms with van der Waals surface area (Å²) < 4.78 is 5.43. The fraction of sp³-hybridized carbons (Fsp3) is 0.417. The Morgan fingerprint density at radius 3 is 2.69 bits per heavy atom. The Morgan fingerprint density at radius 2 is 2.06 bits per heavy atom. The van der Waals surface area contributed by atoms with Crippen LogP contribution in [0.1, 0.15) is 11.1 Å². The topological polar surface area (TPSA) is 58.6 Å². The van der Waals surface area contributed by atoms with Crippen LogP contribution in [-0.4, -0.2) is 31.3 Å². The number of hydrogen-bond donors (Lipinski definition) is 2. The van der Waals surface area contributed by atoms with Crippen LogP contribution < -0.4 is 5.32 Å². The molecule has 0 aliphatic carbocycles. The number of carbonyl (C=O) groups is 1. The van der Waals surface area contributed by atoms with E-state index in [1.54, 1.807) is 0 Å². The maximum Gasteiger partial charge on any atom is 0.307 e. The molecule has 0 amide bonds. The second kappa shape index (κ2) is 6.98. The highest BCUT2D eigenvalue weighted by Crippen LogP contribution is 2.10. The fourth-order valence-electron chi connectivity index (χ4n) is 1.39. The van der Waals surface area contributed by atoms with Crippen molar-refractivity contribution in [1.82, 2.24) is 5.32 Å². The molecule has 4 heteroatoms. The van der Waals surface area contributed by atoms with Crippen molar-refractivity contribution in [3.05, 3.63) is 35.4 Å². The zero-order valence-electron chi connectivity index (χ0n) is 9.40. The second-order valence-corrected chi connectivity index (χ2v) is 3.50. The zero-order chi connectivity index (χ0) is 11.8. The number of likely N-dealkylation sites (N-methyl/N-ethyl adjacent to an activating group) is 1. The van der Waals surface area contributed by atoms with Crippen molar-refractivity contribution in [2.24, 2.45) is 0 Å².